The molecule has 0 spiro atoms. The Morgan fingerprint density at radius 1 is 1.09 bits per heavy atom. The number of carbonyl (C=O) groups excluding carboxylic acids is 1. The van der Waals surface area contributed by atoms with E-state index in [1.165, 1.54) is 6.08 Å². The average Bonchev–Trinajstić information content (AvgIpc) is 2.55. The zero-order valence-electron chi connectivity index (χ0n) is 13.2. The van der Waals surface area contributed by atoms with Crippen LogP contribution in [0.2, 0.25) is 0 Å². The highest BCUT2D eigenvalue weighted by Crippen LogP contribution is 2.28. The van der Waals surface area contributed by atoms with Crippen molar-refractivity contribution >= 4 is 33.6 Å². The maximum Gasteiger partial charge on any atom is 0.248 e. The summed E-state index contributed by atoms with van der Waals surface area (Å²) in [6.45, 7) is 1.99. The molecule has 0 aliphatic carbocycles. The Morgan fingerprint density at radius 3 is 2.48 bits per heavy atom. The molecule has 2 aromatic carbocycles. The van der Waals surface area contributed by atoms with E-state index in [2.05, 4.69) is 21.2 Å². The Hall–Kier alpha value is -2.27. The summed E-state index contributed by atoms with van der Waals surface area (Å²) in [5, 5.41) is 2.83. The van der Waals surface area contributed by atoms with E-state index in [9.17, 15) is 4.79 Å². The molecule has 2 rings (SSSR count). The third kappa shape index (κ3) is 4.60. The quantitative estimate of drug-likeness (QED) is 0.786. The van der Waals surface area contributed by atoms with Crippen molar-refractivity contribution in [1.29, 1.82) is 0 Å². The molecule has 0 atom stereocenters. The van der Waals surface area contributed by atoms with Crippen molar-refractivity contribution in [3.05, 3.63) is 58.1 Å². The summed E-state index contributed by atoms with van der Waals surface area (Å²) in [4.78, 5) is 12.0. The smallest absolute Gasteiger partial charge is 0.248 e. The minimum Gasteiger partial charge on any atom is -0.493 e. The lowest BCUT2D eigenvalue weighted by molar-refractivity contribution is -0.111. The van der Waals surface area contributed by atoms with E-state index in [1.807, 2.05) is 37.3 Å². The number of aryl methyl sites for hydroxylation is 1. The molecule has 5 heteroatoms. The molecule has 0 saturated carbocycles. The molecule has 120 valence electrons. The summed E-state index contributed by atoms with van der Waals surface area (Å²) in [5.74, 6) is 1.07. The molecule has 0 bridgehead atoms. The summed E-state index contributed by atoms with van der Waals surface area (Å²) in [6.07, 6.45) is 3.20. The molecule has 1 amide bonds. The summed E-state index contributed by atoms with van der Waals surface area (Å²) >= 11 is 3.44. The molecule has 2 aromatic rings. The number of amides is 1. The molecule has 0 saturated heterocycles. The van der Waals surface area contributed by atoms with Gasteiger partial charge in [-0.1, -0.05) is 12.1 Å². The van der Waals surface area contributed by atoms with Crippen molar-refractivity contribution in [2.24, 2.45) is 0 Å². The van der Waals surface area contributed by atoms with Crippen molar-refractivity contribution in [3.8, 4) is 11.5 Å². The minimum atomic E-state index is -0.204. The number of benzene rings is 2. The molecule has 0 aliphatic heterocycles. The predicted molar refractivity (Wildman–Crippen MR) is 96.1 cm³/mol. The average molecular weight is 376 g/mol. The van der Waals surface area contributed by atoms with Crippen LogP contribution in [0.4, 0.5) is 5.69 Å². The van der Waals surface area contributed by atoms with Crippen LogP contribution in [-0.4, -0.2) is 20.1 Å². The SMILES string of the molecule is COc1ccc(/C=C/C(=O)Nc2ccc(C)cc2Br)cc1OC. The Bertz CT molecular complexity index is 741. The van der Waals surface area contributed by atoms with Crippen LogP contribution in [0.3, 0.4) is 0 Å². The van der Waals surface area contributed by atoms with Gasteiger partial charge in [-0.3, -0.25) is 4.79 Å². The molecule has 0 fully saturated rings. The van der Waals surface area contributed by atoms with Crippen LogP contribution < -0.4 is 14.8 Å². The van der Waals surface area contributed by atoms with E-state index in [1.54, 1.807) is 26.4 Å². The number of carbonyl (C=O) groups is 1. The van der Waals surface area contributed by atoms with E-state index in [0.29, 0.717) is 11.5 Å². The Kier molecular flexibility index (Phi) is 5.82. The van der Waals surface area contributed by atoms with Crippen molar-refractivity contribution in [3.63, 3.8) is 0 Å². The lowest BCUT2D eigenvalue weighted by Gasteiger charge is -2.08. The van der Waals surface area contributed by atoms with E-state index in [0.717, 1.165) is 21.3 Å². The van der Waals surface area contributed by atoms with Gasteiger partial charge in [0, 0.05) is 10.5 Å². The van der Waals surface area contributed by atoms with Crippen molar-refractivity contribution in [2.75, 3.05) is 19.5 Å². The van der Waals surface area contributed by atoms with Crippen molar-refractivity contribution < 1.29 is 14.3 Å². The molecule has 0 heterocycles. The van der Waals surface area contributed by atoms with Gasteiger partial charge in [0.1, 0.15) is 0 Å². The second-order valence-corrected chi connectivity index (χ2v) is 5.77. The zero-order chi connectivity index (χ0) is 16.8. The van der Waals surface area contributed by atoms with Gasteiger partial charge in [0.05, 0.1) is 19.9 Å². The number of hydrogen-bond donors (Lipinski definition) is 1. The molecular formula is C18H18BrNO3. The first-order chi connectivity index (χ1) is 11.0. The molecule has 0 radical (unpaired) electrons. The van der Waals surface area contributed by atoms with Gasteiger partial charge in [0.15, 0.2) is 11.5 Å². The highest BCUT2D eigenvalue weighted by molar-refractivity contribution is 9.10. The highest BCUT2D eigenvalue weighted by Gasteiger charge is 2.05. The fourth-order valence-corrected chi connectivity index (χ4v) is 2.62. The molecular weight excluding hydrogens is 358 g/mol. The Balaban J connectivity index is 2.09. The normalized spacial score (nSPS) is 10.6. The molecule has 23 heavy (non-hydrogen) atoms. The van der Waals surface area contributed by atoms with Gasteiger partial charge in [0.25, 0.3) is 0 Å². The monoisotopic (exact) mass is 375 g/mol. The standard InChI is InChI=1S/C18H18BrNO3/c1-12-4-7-15(14(19)10-12)20-18(21)9-6-13-5-8-16(22-2)17(11-13)23-3/h4-11H,1-3H3,(H,20,21)/b9-6+. The van der Waals surface area contributed by atoms with E-state index >= 15 is 0 Å². The number of ether oxygens (including phenoxy) is 2. The maximum absolute atomic E-state index is 12.0. The summed E-state index contributed by atoms with van der Waals surface area (Å²) < 4.78 is 11.3. The molecule has 4 nitrogen and oxygen atoms in total. The second kappa shape index (κ2) is 7.83. The van der Waals surface area contributed by atoms with Gasteiger partial charge in [0.2, 0.25) is 5.91 Å². The van der Waals surface area contributed by atoms with Crippen LogP contribution in [-0.2, 0) is 4.79 Å². The van der Waals surface area contributed by atoms with Crippen molar-refractivity contribution in [2.45, 2.75) is 6.92 Å². The lowest BCUT2D eigenvalue weighted by Crippen LogP contribution is -2.08. The third-order valence-corrected chi connectivity index (χ3v) is 3.87. The number of halogens is 1. The van der Waals surface area contributed by atoms with Gasteiger partial charge in [-0.15, -0.1) is 0 Å². The number of methoxy groups -OCH3 is 2. The lowest BCUT2D eigenvalue weighted by atomic mass is 10.2. The summed E-state index contributed by atoms with van der Waals surface area (Å²) in [6, 6.07) is 11.2. The van der Waals surface area contributed by atoms with Gasteiger partial charge >= 0.3 is 0 Å². The van der Waals surface area contributed by atoms with Crippen LogP contribution in [0.25, 0.3) is 6.08 Å². The number of hydrogen-bond acceptors (Lipinski definition) is 3. The van der Waals surface area contributed by atoms with Crippen LogP contribution >= 0.6 is 15.9 Å². The third-order valence-electron chi connectivity index (χ3n) is 3.22. The number of anilines is 1. The van der Waals surface area contributed by atoms with Crippen LogP contribution in [0.15, 0.2) is 46.9 Å². The zero-order valence-corrected chi connectivity index (χ0v) is 14.8. The van der Waals surface area contributed by atoms with Crippen LogP contribution in [0.5, 0.6) is 11.5 Å². The fraction of sp³-hybridized carbons (Fsp3) is 0.167. The Morgan fingerprint density at radius 2 is 1.83 bits per heavy atom. The first kappa shape index (κ1) is 17.1. The van der Waals surface area contributed by atoms with Gasteiger partial charge in [-0.25, -0.2) is 0 Å². The van der Waals surface area contributed by atoms with Gasteiger partial charge < -0.3 is 14.8 Å². The highest BCUT2D eigenvalue weighted by atomic mass is 79.9. The topological polar surface area (TPSA) is 47.6 Å². The first-order valence-corrected chi connectivity index (χ1v) is 7.80. The second-order valence-electron chi connectivity index (χ2n) is 4.92. The molecule has 0 aromatic heterocycles. The Labute approximate surface area is 144 Å². The van der Waals surface area contributed by atoms with E-state index in [-0.39, 0.29) is 5.91 Å². The van der Waals surface area contributed by atoms with Crippen LogP contribution in [0.1, 0.15) is 11.1 Å². The van der Waals surface area contributed by atoms with Crippen molar-refractivity contribution in [1.82, 2.24) is 0 Å². The first-order valence-electron chi connectivity index (χ1n) is 7.00. The van der Waals surface area contributed by atoms with Gasteiger partial charge in [-0.05, 0) is 64.3 Å². The van der Waals surface area contributed by atoms with E-state index in [4.69, 9.17) is 9.47 Å². The fourth-order valence-electron chi connectivity index (χ4n) is 2.02. The van der Waals surface area contributed by atoms with Gasteiger partial charge in [-0.2, -0.15) is 0 Å². The number of nitrogens with one attached hydrogen (secondary N) is 1. The minimum absolute atomic E-state index is 0.204. The predicted octanol–water partition coefficient (Wildman–Crippen LogP) is 4.43. The largest absolute Gasteiger partial charge is 0.493 e. The van der Waals surface area contributed by atoms with E-state index < -0.39 is 0 Å². The summed E-state index contributed by atoms with van der Waals surface area (Å²) in [5.41, 5.74) is 2.70. The molecule has 0 unspecified atom stereocenters. The number of rotatable bonds is 5. The molecule has 1 N–H and O–H groups in total. The molecule has 0 aliphatic rings. The summed E-state index contributed by atoms with van der Waals surface area (Å²) in [7, 11) is 3.16. The van der Waals surface area contributed by atoms with Crippen LogP contribution in [0, 0.1) is 6.92 Å². The maximum atomic E-state index is 12.0.